The summed E-state index contributed by atoms with van der Waals surface area (Å²) >= 11 is 5.78. The van der Waals surface area contributed by atoms with E-state index in [0.717, 1.165) is 25.3 Å². The zero-order valence-corrected chi connectivity index (χ0v) is 18.6. The third-order valence-corrected chi connectivity index (χ3v) is 5.36. The Kier molecular flexibility index (Phi) is 8.55. The van der Waals surface area contributed by atoms with E-state index in [1.54, 1.807) is 0 Å². The van der Waals surface area contributed by atoms with Gasteiger partial charge in [-0.25, -0.2) is 0 Å². The molecule has 0 unspecified atom stereocenters. The minimum absolute atomic E-state index is 0.640. The third kappa shape index (κ3) is 5.98. The minimum Gasteiger partial charge on any atom is -0.492 e. The van der Waals surface area contributed by atoms with Gasteiger partial charge >= 0.3 is 0 Å². The number of nitrogens with zero attached hydrogens (tertiary/aromatic N) is 1. The summed E-state index contributed by atoms with van der Waals surface area (Å²) in [6.45, 7) is 4.60. The van der Waals surface area contributed by atoms with Gasteiger partial charge in [0.1, 0.15) is 12.4 Å². The standard InChI is InChI=1S/C27H30ClNO/c1-3-26(22-10-6-4-7-11-22)27(23-12-8-5-9-13-23)24-14-16-25(17-15-24)30-21-20-29(2)19-18-28/h4-17H,3,18-21H2,1-2H3. The predicted molar refractivity (Wildman–Crippen MR) is 129 cm³/mol. The van der Waals surface area contributed by atoms with Crippen molar-refractivity contribution in [2.45, 2.75) is 13.3 Å². The van der Waals surface area contributed by atoms with Crippen molar-refractivity contribution in [2.24, 2.45) is 0 Å². The molecule has 0 aliphatic heterocycles. The molecule has 30 heavy (non-hydrogen) atoms. The monoisotopic (exact) mass is 419 g/mol. The van der Waals surface area contributed by atoms with E-state index >= 15 is 0 Å². The van der Waals surface area contributed by atoms with Gasteiger partial charge in [-0.3, -0.25) is 0 Å². The Morgan fingerprint density at radius 1 is 0.767 bits per heavy atom. The fourth-order valence-electron chi connectivity index (χ4n) is 3.58. The van der Waals surface area contributed by atoms with Gasteiger partial charge in [0.05, 0.1) is 0 Å². The van der Waals surface area contributed by atoms with E-state index < -0.39 is 0 Å². The average molecular weight is 420 g/mol. The molecule has 3 aromatic rings. The summed E-state index contributed by atoms with van der Waals surface area (Å²) in [5, 5.41) is 0. The Balaban J connectivity index is 1.89. The topological polar surface area (TPSA) is 12.5 Å². The molecule has 0 aliphatic rings. The summed E-state index contributed by atoms with van der Waals surface area (Å²) < 4.78 is 5.93. The lowest BCUT2D eigenvalue weighted by molar-refractivity contribution is 0.244. The SMILES string of the molecule is CCC(=C(c1ccccc1)c1ccc(OCCN(C)CCCl)cc1)c1ccccc1. The Hall–Kier alpha value is -2.55. The number of rotatable bonds is 10. The third-order valence-electron chi connectivity index (χ3n) is 5.19. The molecule has 3 rings (SSSR count). The number of benzene rings is 3. The summed E-state index contributed by atoms with van der Waals surface area (Å²) in [6, 6.07) is 29.8. The first-order valence-corrected chi connectivity index (χ1v) is 11.1. The maximum Gasteiger partial charge on any atom is 0.119 e. The Morgan fingerprint density at radius 3 is 1.90 bits per heavy atom. The predicted octanol–water partition coefficient (Wildman–Crippen LogP) is 6.61. The lowest BCUT2D eigenvalue weighted by Gasteiger charge is -2.17. The van der Waals surface area contributed by atoms with Crippen molar-refractivity contribution < 1.29 is 4.74 Å². The van der Waals surface area contributed by atoms with E-state index in [0.29, 0.717) is 12.5 Å². The second kappa shape index (κ2) is 11.6. The molecule has 0 saturated heterocycles. The van der Waals surface area contributed by atoms with Crippen LogP contribution in [0.3, 0.4) is 0 Å². The number of hydrogen-bond acceptors (Lipinski definition) is 2. The number of ether oxygens (including phenoxy) is 1. The largest absolute Gasteiger partial charge is 0.492 e. The van der Waals surface area contributed by atoms with Crippen LogP contribution in [0.4, 0.5) is 0 Å². The maximum atomic E-state index is 5.93. The second-order valence-corrected chi connectivity index (χ2v) is 7.68. The van der Waals surface area contributed by atoms with E-state index in [1.165, 1.54) is 27.8 Å². The lowest BCUT2D eigenvalue weighted by atomic mass is 9.88. The van der Waals surface area contributed by atoms with Crippen molar-refractivity contribution in [1.29, 1.82) is 0 Å². The summed E-state index contributed by atoms with van der Waals surface area (Å²) in [5.41, 5.74) is 6.32. The van der Waals surface area contributed by atoms with Crippen LogP contribution in [0, 0.1) is 0 Å². The van der Waals surface area contributed by atoms with Crippen molar-refractivity contribution in [3.8, 4) is 5.75 Å². The number of allylic oxidation sites excluding steroid dienone is 1. The Morgan fingerprint density at radius 2 is 1.33 bits per heavy atom. The van der Waals surface area contributed by atoms with E-state index in [-0.39, 0.29) is 0 Å². The minimum atomic E-state index is 0.640. The molecule has 0 amide bonds. The molecule has 0 radical (unpaired) electrons. The molecular formula is C27H30ClNO. The normalized spacial score (nSPS) is 12.0. The highest BCUT2D eigenvalue weighted by Gasteiger charge is 2.13. The number of likely N-dealkylation sites (N-methyl/N-ethyl adjacent to an activating group) is 1. The van der Waals surface area contributed by atoms with Crippen LogP contribution < -0.4 is 4.74 Å². The molecule has 0 heterocycles. The molecule has 0 atom stereocenters. The fraction of sp³-hybridized carbons (Fsp3) is 0.259. The average Bonchev–Trinajstić information content (AvgIpc) is 2.79. The van der Waals surface area contributed by atoms with Crippen LogP contribution in [0.15, 0.2) is 84.9 Å². The molecule has 0 aromatic heterocycles. The van der Waals surface area contributed by atoms with Gasteiger partial charge in [0.15, 0.2) is 0 Å². The molecule has 0 bridgehead atoms. The molecule has 3 aromatic carbocycles. The number of alkyl halides is 1. The summed E-state index contributed by atoms with van der Waals surface area (Å²) in [4.78, 5) is 2.17. The summed E-state index contributed by atoms with van der Waals surface area (Å²) in [5.74, 6) is 1.53. The highest BCUT2D eigenvalue weighted by molar-refractivity contribution is 6.18. The number of hydrogen-bond donors (Lipinski definition) is 0. The van der Waals surface area contributed by atoms with Crippen LogP contribution in [0.25, 0.3) is 11.1 Å². The van der Waals surface area contributed by atoms with Crippen molar-refractivity contribution in [2.75, 3.05) is 32.6 Å². The van der Waals surface area contributed by atoms with Gasteiger partial charge in [-0.05, 0) is 53.4 Å². The summed E-state index contributed by atoms with van der Waals surface area (Å²) in [7, 11) is 2.06. The molecule has 0 saturated carbocycles. The first kappa shape index (κ1) is 22.1. The molecule has 0 aliphatic carbocycles. The van der Waals surface area contributed by atoms with Crippen molar-refractivity contribution >= 4 is 22.7 Å². The van der Waals surface area contributed by atoms with Gasteiger partial charge in [-0.1, -0.05) is 79.7 Å². The molecule has 2 nitrogen and oxygen atoms in total. The van der Waals surface area contributed by atoms with Crippen LogP contribution in [0.5, 0.6) is 5.75 Å². The van der Waals surface area contributed by atoms with Crippen LogP contribution in [0.1, 0.15) is 30.0 Å². The fourth-order valence-corrected chi connectivity index (χ4v) is 3.87. The zero-order valence-electron chi connectivity index (χ0n) is 17.9. The molecule has 3 heteroatoms. The zero-order chi connectivity index (χ0) is 21.2. The van der Waals surface area contributed by atoms with Gasteiger partial charge in [0, 0.05) is 19.0 Å². The van der Waals surface area contributed by atoms with Crippen LogP contribution in [-0.4, -0.2) is 37.5 Å². The van der Waals surface area contributed by atoms with E-state index in [2.05, 4.69) is 104 Å². The molecule has 0 spiro atoms. The quantitative estimate of drug-likeness (QED) is 0.271. The van der Waals surface area contributed by atoms with Crippen LogP contribution >= 0.6 is 11.6 Å². The van der Waals surface area contributed by atoms with Gasteiger partial charge in [-0.2, -0.15) is 0 Å². The van der Waals surface area contributed by atoms with E-state index in [4.69, 9.17) is 16.3 Å². The smallest absolute Gasteiger partial charge is 0.119 e. The molecular weight excluding hydrogens is 390 g/mol. The molecule has 0 N–H and O–H groups in total. The van der Waals surface area contributed by atoms with Gasteiger partial charge in [0.25, 0.3) is 0 Å². The molecule has 0 fully saturated rings. The Bertz CT molecular complexity index is 920. The Labute approximate surface area is 185 Å². The highest BCUT2D eigenvalue weighted by atomic mass is 35.5. The van der Waals surface area contributed by atoms with E-state index in [1.807, 2.05) is 0 Å². The lowest BCUT2D eigenvalue weighted by Crippen LogP contribution is -2.26. The van der Waals surface area contributed by atoms with Crippen molar-refractivity contribution in [1.82, 2.24) is 4.90 Å². The van der Waals surface area contributed by atoms with Crippen molar-refractivity contribution in [3.63, 3.8) is 0 Å². The van der Waals surface area contributed by atoms with Crippen LogP contribution in [0.2, 0.25) is 0 Å². The van der Waals surface area contributed by atoms with Gasteiger partial charge < -0.3 is 9.64 Å². The summed E-state index contributed by atoms with van der Waals surface area (Å²) in [6.07, 6.45) is 0.958. The molecule has 156 valence electrons. The van der Waals surface area contributed by atoms with Gasteiger partial charge in [-0.15, -0.1) is 11.6 Å². The van der Waals surface area contributed by atoms with Crippen molar-refractivity contribution in [3.05, 3.63) is 102 Å². The van der Waals surface area contributed by atoms with Gasteiger partial charge in [0.2, 0.25) is 0 Å². The highest BCUT2D eigenvalue weighted by Crippen LogP contribution is 2.34. The van der Waals surface area contributed by atoms with E-state index in [9.17, 15) is 0 Å². The second-order valence-electron chi connectivity index (χ2n) is 7.30. The number of halogens is 1. The van der Waals surface area contributed by atoms with Crippen LogP contribution in [-0.2, 0) is 0 Å². The maximum absolute atomic E-state index is 5.93. The first-order chi connectivity index (χ1) is 14.7. The first-order valence-electron chi connectivity index (χ1n) is 10.5.